The van der Waals surface area contributed by atoms with Crippen LogP contribution in [0.15, 0.2) is 0 Å². The van der Waals surface area contributed by atoms with E-state index in [1.807, 2.05) is 13.8 Å². The van der Waals surface area contributed by atoms with Gasteiger partial charge in [0.05, 0.1) is 19.3 Å². The number of likely N-dealkylation sites (N-methyl/N-ethyl adjacent to an activating group) is 1. The topological polar surface area (TPSA) is 50.7 Å². The fourth-order valence-corrected chi connectivity index (χ4v) is 1.31. The summed E-state index contributed by atoms with van der Waals surface area (Å²) in [6.07, 6.45) is -0.0463. The quantitative estimate of drug-likeness (QED) is 0.619. The molecule has 2 N–H and O–H groups in total. The number of nitrogens with one attached hydrogen (secondary N) is 1. The molecule has 1 aliphatic rings. The first-order valence-corrected chi connectivity index (χ1v) is 4.19. The van der Waals surface area contributed by atoms with Gasteiger partial charge in [0.15, 0.2) is 5.79 Å². The Morgan fingerprint density at radius 2 is 2.33 bits per heavy atom. The Morgan fingerprint density at radius 1 is 1.67 bits per heavy atom. The Bertz CT molecular complexity index is 145. The molecule has 0 saturated carbocycles. The largest absolute Gasteiger partial charge is 0.395 e. The van der Waals surface area contributed by atoms with Crippen molar-refractivity contribution >= 4 is 0 Å². The molecule has 1 heterocycles. The second-order valence-corrected chi connectivity index (χ2v) is 3.44. The Labute approximate surface area is 72.9 Å². The first-order valence-electron chi connectivity index (χ1n) is 4.19. The molecule has 0 bridgehead atoms. The van der Waals surface area contributed by atoms with Crippen LogP contribution in [-0.2, 0) is 9.47 Å². The normalized spacial score (nSPS) is 30.5. The number of hydrogen-bond acceptors (Lipinski definition) is 4. The molecule has 0 amide bonds. The maximum Gasteiger partial charge on any atom is 0.163 e. The standard InChI is InChI=1S/C8H17NO3/c1-8(2)11-5-7(12-8)6(4-10)9-3/h6-7,9-10H,4-5H2,1-3H3/t6-,7-/m1/s1. The molecule has 12 heavy (non-hydrogen) atoms. The van der Waals surface area contributed by atoms with Gasteiger partial charge in [-0.05, 0) is 20.9 Å². The van der Waals surface area contributed by atoms with Gasteiger partial charge in [-0.2, -0.15) is 0 Å². The Kier molecular flexibility index (Phi) is 3.06. The highest BCUT2D eigenvalue weighted by atomic mass is 16.7. The van der Waals surface area contributed by atoms with Crippen molar-refractivity contribution in [3.8, 4) is 0 Å². The van der Waals surface area contributed by atoms with Crippen molar-refractivity contribution in [2.75, 3.05) is 20.3 Å². The lowest BCUT2D eigenvalue weighted by Crippen LogP contribution is -2.42. The van der Waals surface area contributed by atoms with E-state index in [9.17, 15) is 0 Å². The lowest BCUT2D eigenvalue weighted by atomic mass is 10.2. The first kappa shape index (κ1) is 9.92. The molecule has 1 aliphatic heterocycles. The van der Waals surface area contributed by atoms with Gasteiger partial charge in [-0.3, -0.25) is 0 Å². The summed E-state index contributed by atoms with van der Waals surface area (Å²) < 4.78 is 10.9. The molecule has 0 aliphatic carbocycles. The van der Waals surface area contributed by atoms with Gasteiger partial charge in [0, 0.05) is 0 Å². The number of ether oxygens (including phenoxy) is 2. The van der Waals surface area contributed by atoms with Gasteiger partial charge < -0.3 is 19.9 Å². The maximum absolute atomic E-state index is 8.96. The monoisotopic (exact) mass is 175 g/mol. The average molecular weight is 175 g/mol. The molecule has 72 valence electrons. The zero-order valence-electron chi connectivity index (χ0n) is 7.83. The maximum atomic E-state index is 8.96. The van der Waals surface area contributed by atoms with E-state index in [1.54, 1.807) is 7.05 Å². The fraction of sp³-hybridized carbons (Fsp3) is 1.00. The number of hydrogen-bond donors (Lipinski definition) is 2. The third kappa shape index (κ3) is 2.17. The van der Waals surface area contributed by atoms with Crippen LogP contribution < -0.4 is 5.32 Å². The first-order chi connectivity index (χ1) is 5.59. The lowest BCUT2D eigenvalue weighted by Gasteiger charge is -2.21. The SMILES string of the molecule is CN[C@H](CO)[C@H]1COC(C)(C)O1. The third-order valence-electron chi connectivity index (χ3n) is 2.05. The number of aliphatic hydroxyl groups excluding tert-OH is 1. The number of rotatable bonds is 3. The van der Waals surface area contributed by atoms with Gasteiger partial charge in [0.25, 0.3) is 0 Å². The molecule has 1 saturated heterocycles. The van der Waals surface area contributed by atoms with Crippen molar-refractivity contribution in [2.24, 2.45) is 0 Å². The smallest absolute Gasteiger partial charge is 0.163 e. The summed E-state index contributed by atoms with van der Waals surface area (Å²) in [7, 11) is 1.80. The van der Waals surface area contributed by atoms with Gasteiger partial charge in [-0.15, -0.1) is 0 Å². The van der Waals surface area contributed by atoms with E-state index in [0.29, 0.717) is 6.61 Å². The van der Waals surface area contributed by atoms with Crippen LogP contribution in [0.25, 0.3) is 0 Å². The van der Waals surface area contributed by atoms with E-state index in [1.165, 1.54) is 0 Å². The fourth-order valence-electron chi connectivity index (χ4n) is 1.31. The molecule has 0 spiro atoms. The molecule has 1 fully saturated rings. The highest BCUT2D eigenvalue weighted by molar-refractivity contribution is 4.81. The van der Waals surface area contributed by atoms with Gasteiger partial charge in [0.2, 0.25) is 0 Å². The van der Waals surface area contributed by atoms with Crippen LogP contribution in [0.2, 0.25) is 0 Å². The van der Waals surface area contributed by atoms with E-state index in [0.717, 1.165) is 0 Å². The molecule has 0 aromatic heterocycles. The highest BCUT2D eigenvalue weighted by Crippen LogP contribution is 2.23. The van der Waals surface area contributed by atoms with E-state index in [2.05, 4.69) is 5.32 Å². The Balaban J connectivity index is 2.45. The van der Waals surface area contributed by atoms with Gasteiger partial charge >= 0.3 is 0 Å². The predicted molar refractivity (Wildman–Crippen MR) is 44.8 cm³/mol. The predicted octanol–water partition coefficient (Wildman–Crippen LogP) is -0.282. The third-order valence-corrected chi connectivity index (χ3v) is 2.05. The molecule has 0 aromatic rings. The van der Waals surface area contributed by atoms with Crippen LogP contribution in [-0.4, -0.2) is 43.3 Å². The molecule has 0 unspecified atom stereocenters. The summed E-state index contributed by atoms with van der Waals surface area (Å²) in [4.78, 5) is 0. The molecule has 2 atom stereocenters. The van der Waals surface area contributed by atoms with E-state index in [-0.39, 0.29) is 18.8 Å². The van der Waals surface area contributed by atoms with Crippen LogP contribution in [0, 0.1) is 0 Å². The van der Waals surface area contributed by atoms with Crippen LogP contribution in [0.1, 0.15) is 13.8 Å². The molecule has 0 aromatic carbocycles. The zero-order valence-corrected chi connectivity index (χ0v) is 7.83. The van der Waals surface area contributed by atoms with Crippen LogP contribution in [0.5, 0.6) is 0 Å². The van der Waals surface area contributed by atoms with E-state index in [4.69, 9.17) is 14.6 Å². The van der Waals surface area contributed by atoms with Gasteiger partial charge in [-0.25, -0.2) is 0 Å². The summed E-state index contributed by atoms with van der Waals surface area (Å²) in [5.74, 6) is -0.505. The summed E-state index contributed by atoms with van der Waals surface area (Å²) in [6, 6.07) is -0.0354. The summed E-state index contributed by atoms with van der Waals surface area (Å²) in [5, 5.41) is 11.9. The molecular formula is C8H17NO3. The van der Waals surface area contributed by atoms with Crippen molar-refractivity contribution < 1.29 is 14.6 Å². The molecule has 4 nitrogen and oxygen atoms in total. The molecule has 1 rings (SSSR count). The highest BCUT2D eigenvalue weighted by Gasteiger charge is 2.36. The van der Waals surface area contributed by atoms with Crippen molar-refractivity contribution in [1.29, 1.82) is 0 Å². The Morgan fingerprint density at radius 3 is 2.67 bits per heavy atom. The summed E-state index contributed by atoms with van der Waals surface area (Å²) >= 11 is 0. The minimum Gasteiger partial charge on any atom is -0.395 e. The van der Waals surface area contributed by atoms with Crippen molar-refractivity contribution in [3.05, 3.63) is 0 Å². The van der Waals surface area contributed by atoms with Gasteiger partial charge in [-0.1, -0.05) is 0 Å². The lowest BCUT2D eigenvalue weighted by molar-refractivity contribution is -0.142. The second-order valence-electron chi connectivity index (χ2n) is 3.44. The van der Waals surface area contributed by atoms with Crippen molar-refractivity contribution in [2.45, 2.75) is 31.8 Å². The minimum absolute atomic E-state index is 0.0354. The Hall–Kier alpha value is -0.160. The van der Waals surface area contributed by atoms with Crippen LogP contribution in [0.3, 0.4) is 0 Å². The second kappa shape index (κ2) is 3.70. The minimum atomic E-state index is -0.505. The summed E-state index contributed by atoms with van der Waals surface area (Å²) in [5.41, 5.74) is 0. The van der Waals surface area contributed by atoms with Crippen LogP contribution >= 0.6 is 0 Å². The van der Waals surface area contributed by atoms with Crippen molar-refractivity contribution in [3.63, 3.8) is 0 Å². The van der Waals surface area contributed by atoms with Gasteiger partial charge in [0.1, 0.15) is 6.10 Å². The van der Waals surface area contributed by atoms with Crippen LogP contribution in [0.4, 0.5) is 0 Å². The van der Waals surface area contributed by atoms with E-state index < -0.39 is 5.79 Å². The zero-order chi connectivity index (χ0) is 9.19. The molecule has 0 radical (unpaired) electrons. The summed E-state index contributed by atoms with van der Waals surface area (Å²) in [6.45, 7) is 4.36. The number of aliphatic hydroxyl groups is 1. The molecule has 4 heteroatoms. The van der Waals surface area contributed by atoms with Crippen molar-refractivity contribution in [1.82, 2.24) is 5.32 Å². The average Bonchev–Trinajstić information content (AvgIpc) is 2.34. The molecular weight excluding hydrogens is 158 g/mol. The van der Waals surface area contributed by atoms with E-state index >= 15 is 0 Å².